The van der Waals surface area contributed by atoms with Crippen LogP contribution in [0.3, 0.4) is 0 Å². The van der Waals surface area contributed by atoms with E-state index in [1.54, 1.807) is 7.05 Å². The maximum Gasteiger partial charge on any atom is 0.406 e. The molecule has 0 aliphatic carbocycles. The Morgan fingerprint density at radius 3 is 2.50 bits per heavy atom. The summed E-state index contributed by atoms with van der Waals surface area (Å²) in [6, 6.07) is 0. The van der Waals surface area contributed by atoms with E-state index in [4.69, 9.17) is 0 Å². The third-order valence-corrected chi connectivity index (χ3v) is 1.46. The zero-order chi connectivity index (χ0) is 10.8. The molecular weight excluding hydrogens is 186 g/mol. The maximum absolute atomic E-state index is 11.0. The Kier molecular flexibility index (Phi) is 7.53. The van der Waals surface area contributed by atoms with Crippen molar-refractivity contribution in [1.82, 2.24) is 16.0 Å². The number of likely N-dealkylation sites (N-methyl/N-ethyl adjacent to an activating group) is 1. The van der Waals surface area contributed by atoms with Crippen molar-refractivity contribution in [2.75, 3.05) is 33.8 Å². The molecule has 2 amide bonds. The Morgan fingerprint density at radius 2 is 1.93 bits per heavy atom. The zero-order valence-electron chi connectivity index (χ0n) is 8.55. The van der Waals surface area contributed by atoms with E-state index in [0.717, 1.165) is 6.54 Å². The minimum absolute atomic E-state index is 0.102. The highest BCUT2D eigenvalue weighted by atomic mass is 16.5. The second kappa shape index (κ2) is 8.31. The first-order chi connectivity index (χ1) is 6.70. The van der Waals surface area contributed by atoms with E-state index in [9.17, 15) is 9.59 Å². The van der Waals surface area contributed by atoms with Crippen LogP contribution in [0.5, 0.6) is 0 Å². The molecule has 0 aliphatic heterocycles. The molecule has 0 saturated carbocycles. The van der Waals surface area contributed by atoms with Gasteiger partial charge in [-0.15, -0.1) is 0 Å². The summed E-state index contributed by atoms with van der Waals surface area (Å²) in [4.78, 5) is 21.6. The molecule has 6 nitrogen and oxygen atoms in total. The molecule has 0 aliphatic rings. The van der Waals surface area contributed by atoms with Gasteiger partial charge >= 0.3 is 6.09 Å². The third kappa shape index (κ3) is 7.35. The van der Waals surface area contributed by atoms with Gasteiger partial charge in [-0.25, -0.2) is 4.79 Å². The summed E-state index contributed by atoms with van der Waals surface area (Å²) >= 11 is 0. The van der Waals surface area contributed by atoms with Gasteiger partial charge in [-0.3, -0.25) is 4.79 Å². The van der Waals surface area contributed by atoms with Gasteiger partial charge in [0.25, 0.3) is 0 Å². The fraction of sp³-hybridized carbons (Fsp3) is 0.750. The molecule has 0 saturated heterocycles. The van der Waals surface area contributed by atoms with Gasteiger partial charge in [-0.05, 0) is 7.05 Å². The van der Waals surface area contributed by atoms with Crippen LogP contribution < -0.4 is 16.0 Å². The highest BCUT2D eigenvalue weighted by Gasteiger charge is 2.02. The zero-order valence-corrected chi connectivity index (χ0v) is 8.55. The number of nitrogens with one attached hydrogen (secondary N) is 3. The lowest BCUT2D eigenvalue weighted by molar-refractivity contribution is -0.121. The van der Waals surface area contributed by atoms with Crippen LogP contribution in [0.1, 0.15) is 6.42 Å². The summed E-state index contributed by atoms with van der Waals surface area (Å²) in [5.41, 5.74) is 0. The Balaban J connectivity index is 3.31. The van der Waals surface area contributed by atoms with Gasteiger partial charge in [0.05, 0.1) is 6.42 Å². The van der Waals surface area contributed by atoms with Crippen LogP contribution in [0.4, 0.5) is 4.79 Å². The summed E-state index contributed by atoms with van der Waals surface area (Å²) in [5, 5.41) is 7.85. The lowest BCUT2D eigenvalue weighted by Gasteiger charge is -2.05. The van der Waals surface area contributed by atoms with Crippen LogP contribution in [0.2, 0.25) is 0 Å². The molecule has 0 heterocycles. The molecule has 0 fully saturated rings. The van der Waals surface area contributed by atoms with Crippen molar-refractivity contribution in [2.45, 2.75) is 6.42 Å². The number of carbonyl (C=O) groups is 2. The number of alkyl carbamates (subject to hydrolysis) is 1. The van der Waals surface area contributed by atoms with Crippen LogP contribution in [0.15, 0.2) is 0 Å². The topological polar surface area (TPSA) is 79.5 Å². The van der Waals surface area contributed by atoms with Crippen molar-refractivity contribution in [3.63, 3.8) is 0 Å². The fourth-order valence-corrected chi connectivity index (χ4v) is 0.724. The molecule has 14 heavy (non-hydrogen) atoms. The van der Waals surface area contributed by atoms with Gasteiger partial charge in [-0.1, -0.05) is 0 Å². The number of ether oxygens (including phenoxy) is 1. The molecule has 0 unspecified atom stereocenters. The summed E-state index contributed by atoms with van der Waals surface area (Å²) in [6.07, 6.45) is -0.329. The standard InChI is InChI=1S/C8H17N3O3/c1-9-4-5-11-7(12)3-6-14-8(13)10-2/h9H,3-6H2,1-2H3,(H,10,13)(H,11,12). The van der Waals surface area contributed by atoms with Crippen molar-refractivity contribution in [1.29, 1.82) is 0 Å². The smallest absolute Gasteiger partial charge is 0.406 e. The number of amides is 2. The van der Waals surface area contributed by atoms with E-state index in [1.807, 2.05) is 0 Å². The molecule has 0 aromatic heterocycles. The molecule has 0 atom stereocenters. The first-order valence-electron chi connectivity index (χ1n) is 4.46. The Hall–Kier alpha value is -1.30. The van der Waals surface area contributed by atoms with Crippen molar-refractivity contribution >= 4 is 12.0 Å². The summed E-state index contributed by atoms with van der Waals surface area (Å²) in [7, 11) is 3.27. The molecule has 0 rings (SSSR count). The van der Waals surface area contributed by atoms with E-state index >= 15 is 0 Å². The van der Waals surface area contributed by atoms with E-state index in [1.165, 1.54) is 7.05 Å². The average molecular weight is 203 g/mol. The number of hydrogen-bond donors (Lipinski definition) is 3. The average Bonchev–Trinajstić information content (AvgIpc) is 2.18. The monoisotopic (exact) mass is 203 g/mol. The second-order valence-electron chi connectivity index (χ2n) is 2.59. The third-order valence-electron chi connectivity index (χ3n) is 1.46. The van der Waals surface area contributed by atoms with Gasteiger partial charge in [-0.2, -0.15) is 0 Å². The van der Waals surface area contributed by atoms with Crippen molar-refractivity contribution in [2.24, 2.45) is 0 Å². The van der Waals surface area contributed by atoms with Crippen LogP contribution >= 0.6 is 0 Å². The first-order valence-corrected chi connectivity index (χ1v) is 4.46. The van der Waals surface area contributed by atoms with Crippen molar-refractivity contribution in [3.8, 4) is 0 Å². The van der Waals surface area contributed by atoms with Gasteiger partial charge in [0, 0.05) is 20.1 Å². The summed E-state index contributed by atoms with van der Waals surface area (Å²) < 4.78 is 4.64. The van der Waals surface area contributed by atoms with Crippen LogP contribution in [0.25, 0.3) is 0 Å². The molecule has 0 radical (unpaired) electrons. The van der Waals surface area contributed by atoms with Crippen LogP contribution in [0, 0.1) is 0 Å². The maximum atomic E-state index is 11.0. The fourth-order valence-electron chi connectivity index (χ4n) is 0.724. The quantitative estimate of drug-likeness (QED) is 0.487. The highest BCUT2D eigenvalue weighted by Crippen LogP contribution is 1.83. The number of carbonyl (C=O) groups excluding carboxylic acids is 2. The normalized spacial score (nSPS) is 9.29. The summed E-state index contributed by atoms with van der Waals surface area (Å²) in [5.74, 6) is -0.121. The van der Waals surface area contributed by atoms with E-state index in [-0.39, 0.29) is 18.9 Å². The molecule has 0 bridgehead atoms. The molecule has 0 aromatic rings. The van der Waals surface area contributed by atoms with Crippen molar-refractivity contribution in [3.05, 3.63) is 0 Å². The van der Waals surface area contributed by atoms with E-state index < -0.39 is 6.09 Å². The lowest BCUT2D eigenvalue weighted by atomic mass is 10.4. The number of hydrogen-bond acceptors (Lipinski definition) is 4. The minimum atomic E-state index is -0.520. The largest absolute Gasteiger partial charge is 0.449 e. The SMILES string of the molecule is CNCCNC(=O)CCOC(=O)NC. The molecule has 0 aromatic carbocycles. The molecule has 0 spiro atoms. The van der Waals surface area contributed by atoms with Gasteiger partial charge in [0.15, 0.2) is 0 Å². The predicted octanol–water partition coefficient (Wildman–Crippen LogP) is -0.932. The Morgan fingerprint density at radius 1 is 1.21 bits per heavy atom. The predicted molar refractivity (Wildman–Crippen MR) is 52.0 cm³/mol. The van der Waals surface area contributed by atoms with E-state index in [0.29, 0.717) is 6.54 Å². The Labute approximate surface area is 83.4 Å². The molecular formula is C8H17N3O3. The number of rotatable bonds is 6. The first kappa shape index (κ1) is 12.7. The van der Waals surface area contributed by atoms with Crippen molar-refractivity contribution < 1.29 is 14.3 Å². The molecule has 3 N–H and O–H groups in total. The van der Waals surface area contributed by atoms with Crippen LogP contribution in [-0.4, -0.2) is 45.8 Å². The lowest BCUT2D eigenvalue weighted by Crippen LogP contribution is -2.31. The van der Waals surface area contributed by atoms with Gasteiger partial charge in [0.1, 0.15) is 6.61 Å². The second-order valence-corrected chi connectivity index (χ2v) is 2.59. The minimum Gasteiger partial charge on any atom is -0.449 e. The Bertz CT molecular complexity index is 185. The van der Waals surface area contributed by atoms with Gasteiger partial charge in [0.2, 0.25) is 5.91 Å². The molecule has 82 valence electrons. The summed E-state index contributed by atoms with van der Waals surface area (Å²) in [6.45, 7) is 1.41. The van der Waals surface area contributed by atoms with Crippen LogP contribution in [-0.2, 0) is 9.53 Å². The highest BCUT2D eigenvalue weighted by molar-refractivity contribution is 5.76. The molecule has 6 heteroatoms. The van der Waals surface area contributed by atoms with Gasteiger partial charge < -0.3 is 20.7 Å². The van der Waals surface area contributed by atoms with E-state index in [2.05, 4.69) is 20.7 Å².